The van der Waals surface area contributed by atoms with Gasteiger partial charge < -0.3 is 10.0 Å². The summed E-state index contributed by atoms with van der Waals surface area (Å²) in [6, 6.07) is 0. The molecule has 1 atom stereocenters. The Morgan fingerprint density at radius 2 is 2.14 bits per heavy atom. The van der Waals surface area contributed by atoms with Gasteiger partial charge in [0.05, 0.1) is 5.39 Å². The molecule has 112 valence electrons. The monoisotopic (exact) mass is 303 g/mol. The highest BCUT2D eigenvalue weighted by atomic mass is 32.1. The average molecular weight is 303 g/mol. The summed E-state index contributed by atoms with van der Waals surface area (Å²) in [5.41, 5.74) is 1.50. The van der Waals surface area contributed by atoms with Crippen molar-refractivity contribution in [3.63, 3.8) is 0 Å². The third kappa shape index (κ3) is 2.32. The Morgan fingerprint density at radius 3 is 3.05 bits per heavy atom. The maximum absolute atomic E-state index is 9.46. The van der Waals surface area contributed by atoms with Crippen LogP contribution in [0.1, 0.15) is 36.1 Å². The van der Waals surface area contributed by atoms with Gasteiger partial charge in [-0.3, -0.25) is 0 Å². The summed E-state index contributed by atoms with van der Waals surface area (Å²) < 4.78 is 0. The first kappa shape index (κ1) is 13.5. The molecule has 3 heterocycles. The molecule has 4 nitrogen and oxygen atoms in total. The number of piperidine rings is 1. The minimum Gasteiger partial charge on any atom is -0.396 e. The van der Waals surface area contributed by atoms with Crippen molar-refractivity contribution in [1.29, 1.82) is 0 Å². The van der Waals surface area contributed by atoms with Crippen molar-refractivity contribution in [2.24, 2.45) is 5.92 Å². The fourth-order valence-corrected chi connectivity index (χ4v) is 4.94. The minimum atomic E-state index is 0.284. The van der Waals surface area contributed by atoms with E-state index in [1.54, 1.807) is 6.33 Å². The standard InChI is InChI=1S/C16H21N3OS/c20-9-11-4-3-7-19(8-11)15-14-12-5-1-2-6-13(12)21-16(14)18-10-17-15/h10-11,20H,1-9H2. The molecule has 2 aromatic rings. The zero-order chi connectivity index (χ0) is 14.2. The first-order valence-corrected chi connectivity index (χ1v) is 8.79. The van der Waals surface area contributed by atoms with E-state index in [4.69, 9.17) is 0 Å². The van der Waals surface area contributed by atoms with Crippen LogP contribution in [-0.4, -0.2) is 34.8 Å². The van der Waals surface area contributed by atoms with E-state index in [0.29, 0.717) is 5.92 Å². The van der Waals surface area contributed by atoms with Crippen LogP contribution in [0, 0.1) is 5.92 Å². The predicted molar refractivity (Wildman–Crippen MR) is 86.1 cm³/mol. The van der Waals surface area contributed by atoms with Crippen LogP contribution in [0.5, 0.6) is 0 Å². The number of fused-ring (bicyclic) bond motifs is 3. The smallest absolute Gasteiger partial charge is 0.141 e. The summed E-state index contributed by atoms with van der Waals surface area (Å²) in [4.78, 5) is 14.2. The van der Waals surface area contributed by atoms with Crippen molar-refractivity contribution in [2.45, 2.75) is 38.5 Å². The Kier molecular flexibility index (Phi) is 3.55. The first-order valence-electron chi connectivity index (χ1n) is 7.98. The second kappa shape index (κ2) is 5.54. The molecule has 0 amide bonds. The molecule has 1 unspecified atom stereocenters. The number of rotatable bonds is 2. The highest BCUT2D eigenvalue weighted by Crippen LogP contribution is 2.39. The van der Waals surface area contributed by atoms with Crippen LogP contribution in [0.2, 0.25) is 0 Å². The lowest BCUT2D eigenvalue weighted by Crippen LogP contribution is -2.37. The summed E-state index contributed by atoms with van der Waals surface area (Å²) in [7, 11) is 0. The molecule has 0 saturated carbocycles. The second-order valence-electron chi connectivity index (χ2n) is 6.23. The van der Waals surface area contributed by atoms with Gasteiger partial charge >= 0.3 is 0 Å². The van der Waals surface area contributed by atoms with E-state index in [1.165, 1.54) is 41.5 Å². The largest absolute Gasteiger partial charge is 0.396 e. The topological polar surface area (TPSA) is 49.2 Å². The van der Waals surface area contributed by atoms with Gasteiger partial charge in [-0.05, 0) is 50.0 Å². The number of aromatic nitrogens is 2. The zero-order valence-electron chi connectivity index (χ0n) is 12.2. The summed E-state index contributed by atoms with van der Waals surface area (Å²) in [6.45, 7) is 2.26. The van der Waals surface area contributed by atoms with Gasteiger partial charge in [0.1, 0.15) is 17.0 Å². The number of thiophene rings is 1. The highest BCUT2D eigenvalue weighted by Gasteiger charge is 2.25. The molecule has 1 aliphatic heterocycles. The lowest BCUT2D eigenvalue weighted by molar-refractivity contribution is 0.208. The summed E-state index contributed by atoms with van der Waals surface area (Å²) in [5, 5.41) is 10.8. The normalized spacial score (nSPS) is 22.5. The van der Waals surface area contributed by atoms with Gasteiger partial charge in [-0.15, -0.1) is 11.3 Å². The number of aliphatic hydroxyl groups is 1. The van der Waals surface area contributed by atoms with E-state index in [1.807, 2.05) is 11.3 Å². The number of aliphatic hydroxyl groups excluding tert-OH is 1. The van der Waals surface area contributed by atoms with Crippen molar-refractivity contribution in [2.75, 3.05) is 24.6 Å². The number of hydrogen-bond acceptors (Lipinski definition) is 5. The van der Waals surface area contributed by atoms with Crippen LogP contribution in [0.4, 0.5) is 5.82 Å². The maximum atomic E-state index is 9.46. The molecule has 21 heavy (non-hydrogen) atoms. The SMILES string of the molecule is OCC1CCCN(c2ncnc3sc4c(c23)CCCC4)C1. The Hall–Kier alpha value is -1.20. The molecule has 1 aliphatic carbocycles. The van der Waals surface area contributed by atoms with Crippen LogP contribution in [-0.2, 0) is 12.8 Å². The lowest BCUT2D eigenvalue weighted by atomic mass is 9.95. The molecule has 1 fully saturated rings. The van der Waals surface area contributed by atoms with Crippen molar-refractivity contribution < 1.29 is 5.11 Å². The maximum Gasteiger partial charge on any atom is 0.141 e. The molecule has 1 N–H and O–H groups in total. The van der Waals surface area contributed by atoms with E-state index < -0.39 is 0 Å². The molecule has 2 aromatic heterocycles. The molecule has 5 heteroatoms. The number of hydrogen-bond donors (Lipinski definition) is 1. The van der Waals surface area contributed by atoms with Crippen molar-refractivity contribution >= 4 is 27.4 Å². The molecule has 0 aromatic carbocycles. The molecule has 1 saturated heterocycles. The Morgan fingerprint density at radius 1 is 1.24 bits per heavy atom. The van der Waals surface area contributed by atoms with Gasteiger partial charge in [-0.2, -0.15) is 0 Å². The van der Waals surface area contributed by atoms with E-state index in [0.717, 1.165) is 36.6 Å². The lowest BCUT2D eigenvalue weighted by Gasteiger charge is -2.33. The second-order valence-corrected chi connectivity index (χ2v) is 7.31. The summed E-state index contributed by atoms with van der Waals surface area (Å²) in [6.07, 6.45) is 8.95. The summed E-state index contributed by atoms with van der Waals surface area (Å²) >= 11 is 1.86. The van der Waals surface area contributed by atoms with Gasteiger partial charge in [0.15, 0.2) is 0 Å². The Balaban J connectivity index is 1.79. The van der Waals surface area contributed by atoms with E-state index in [-0.39, 0.29) is 6.61 Å². The summed E-state index contributed by atoms with van der Waals surface area (Å²) in [5.74, 6) is 1.50. The van der Waals surface area contributed by atoms with E-state index >= 15 is 0 Å². The Bertz CT molecular complexity index is 654. The quantitative estimate of drug-likeness (QED) is 0.927. The zero-order valence-corrected chi connectivity index (χ0v) is 13.0. The van der Waals surface area contributed by atoms with E-state index in [2.05, 4.69) is 14.9 Å². The van der Waals surface area contributed by atoms with Crippen molar-refractivity contribution in [3.05, 3.63) is 16.8 Å². The van der Waals surface area contributed by atoms with Gasteiger partial charge in [0.2, 0.25) is 0 Å². The number of anilines is 1. The average Bonchev–Trinajstić information content (AvgIpc) is 2.93. The van der Waals surface area contributed by atoms with Gasteiger partial charge in [0, 0.05) is 24.6 Å². The molecule has 0 radical (unpaired) electrons. The van der Waals surface area contributed by atoms with Gasteiger partial charge in [-0.25, -0.2) is 9.97 Å². The third-order valence-electron chi connectivity index (χ3n) is 4.81. The van der Waals surface area contributed by atoms with Crippen LogP contribution in [0.15, 0.2) is 6.33 Å². The van der Waals surface area contributed by atoms with Crippen LogP contribution in [0.25, 0.3) is 10.2 Å². The fourth-order valence-electron chi connectivity index (χ4n) is 3.72. The molecular formula is C16H21N3OS. The van der Waals surface area contributed by atoms with E-state index in [9.17, 15) is 5.11 Å². The first-order chi connectivity index (χ1) is 10.4. The third-order valence-corrected chi connectivity index (χ3v) is 6.01. The molecular weight excluding hydrogens is 282 g/mol. The van der Waals surface area contributed by atoms with Crippen molar-refractivity contribution in [1.82, 2.24) is 9.97 Å². The van der Waals surface area contributed by atoms with Gasteiger partial charge in [-0.1, -0.05) is 0 Å². The van der Waals surface area contributed by atoms with Crippen molar-refractivity contribution in [3.8, 4) is 0 Å². The number of nitrogens with zero attached hydrogens (tertiary/aromatic N) is 3. The van der Waals surface area contributed by atoms with Gasteiger partial charge in [0.25, 0.3) is 0 Å². The minimum absolute atomic E-state index is 0.284. The molecule has 0 spiro atoms. The molecule has 4 rings (SSSR count). The number of aryl methyl sites for hydroxylation is 2. The predicted octanol–water partition coefficient (Wildman–Crippen LogP) is 2.78. The fraction of sp³-hybridized carbons (Fsp3) is 0.625. The van der Waals surface area contributed by atoms with Crippen LogP contribution in [0.3, 0.4) is 0 Å². The molecule has 2 aliphatic rings. The van der Waals surface area contributed by atoms with Crippen LogP contribution < -0.4 is 4.90 Å². The highest BCUT2D eigenvalue weighted by molar-refractivity contribution is 7.19. The Labute approximate surface area is 128 Å². The van der Waals surface area contributed by atoms with Crippen LogP contribution >= 0.6 is 11.3 Å². The molecule has 0 bridgehead atoms.